The van der Waals surface area contributed by atoms with E-state index in [0.717, 1.165) is 23.5 Å². The number of nitrogens with one attached hydrogen (secondary N) is 1. The van der Waals surface area contributed by atoms with Crippen molar-refractivity contribution in [3.8, 4) is 0 Å². The Morgan fingerprint density at radius 1 is 1.30 bits per heavy atom. The zero-order valence-electron chi connectivity index (χ0n) is 12.9. The quantitative estimate of drug-likeness (QED) is 0.762. The van der Waals surface area contributed by atoms with Crippen LogP contribution in [0.15, 0.2) is 48.1 Å². The molecule has 108 valence electrons. The molecule has 0 aromatic heterocycles. The van der Waals surface area contributed by atoms with Gasteiger partial charge in [0, 0.05) is 44.4 Å². The van der Waals surface area contributed by atoms with Crippen LogP contribution in [0.5, 0.6) is 0 Å². The van der Waals surface area contributed by atoms with Gasteiger partial charge in [0.25, 0.3) is 0 Å². The number of benzene rings is 1. The number of nitrogens with zero attached hydrogens (tertiary/aromatic N) is 2. The molecule has 0 amide bonds. The van der Waals surface area contributed by atoms with Crippen molar-refractivity contribution in [2.45, 2.75) is 13.8 Å². The van der Waals surface area contributed by atoms with Crippen LogP contribution in [-0.4, -0.2) is 31.8 Å². The summed E-state index contributed by atoms with van der Waals surface area (Å²) in [5.41, 5.74) is 3.25. The van der Waals surface area contributed by atoms with E-state index in [2.05, 4.69) is 55.0 Å². The first-order valence-electron chi connectivity index (χ1n) is 6.89. The van der Waals surface area contributed by atoms with Gasteiger partial charge in [0.2, 0.25) is 0 Å². The minimum Gasteiger partial charge on any atom is -0.382 e. The molecule has 3 heteroatoms. The topological polar surface area (TPSA) is 27.6 Å². The predicted octanol–water partition coefficient (Wildman–Crippen LogP) is 3.87. The summed E-state index contributed by atoms with van der Waals surface area (Å²) < 4.78 is 0. The normalized spacial score (nSPS) is 11.4. The largest absolute Gasteiger partial charge is 0.382 e. The molecule has 1 N–H and O–H groups in total. The smallest absolute Gasteiger partial charge is 0.0361 e. The van der Waals surface area contributed by atoms with Crippen LogP contribution >= 0.6 is 0 Å². The second kappa shape index (κ2) is 8.20. The molecular formula is C17H25N3. The van der Waals surface area contributed by atoms with E-state index in [1.165, 1.54) is 0 Å². The van der Waals surface area contributed by atoms with Gasteiger partial charge >= 0.3 is 0 Å². The minimum absolute atomic E-state index is 0.491. The molecule has 0 heterocycles. The lowest BCUT2D eigenvalue weighted by molar-refractivity contribution is 0.593. The zero-order chi connectivity index (χ0) is 15.0. The highest BCUT2D eigenvalue weighted by atomic mass is 15.1. The van der Waals surface area contributed by atoms with Gasteiger partial charge < -0.3 is 10.2 Å². The van der Waals surface area contributed by atoms with Crippen LogP contribution < -0.4 is 5.32 Å². The Bertz CT molecular complexity index is 468. The first kappa shape index (κ1) is 16.0. The molecule has 0 fully saturated rings. The van der Waals surface area contributed by atoms with Crippen molar-refractivity contribution < 1.29 is 0 Å². The second-order valence-corrected chi connectivity index (χ2v) is 5.23. The van der Waals surface area contributed by atoms with E-state index in [-0.39, 0.29) is 0 Å². The fourth-order valence-corrected chi connectivity index (χ4v) is 1.55. The van der Waals surface area contributed by atoms with Gasteiger partial charge in [0.15, 0.2) is 0 Å². The lowest BCUT2D eigenvalue weighted by atomic mass is 10.1. The van der Waals surface area contributed by atoms with E-state index in [4.69, 9.17) is 0 Å². The highest BCUT2D eigenvalue weighted by molar-refractivity contribution is 5.63. The maximum atomic E-state index is 4.20. The summed E-state index contributed by atoms with van der Waals surface area (Å²) in [7, 11) is 3.99. The Morgan fingerprint density at radius 3 is 2.50 bits per heavy atom. The summed E-state index contributed by atoms with van der Waals surface area (Å²) in [5.74, 6) is 0.491. The first-order valence-corrected chi connectivity index (χ1v) is 6.89. The molecule has 0 aliphatic rings. The van der Waals surface area contributed by atoms with Crippen molar-refractivity contribution in [3.05, 3.63) is 48.7 Å². The van der Waals surface area contributed by atoms with Crippen LogP contribution in [0.25, 0.3) is 5.70 Å². The van der Waals surface area contributed by atoms with Crippen molar-refractivity contribution in [3.63, 3.8) is 0 Å². The summed E-state index contributed by atoms with van der Waals surface area (Å²) in [6, 6.07) is 8.28. The molecule has 20 heavy (non-hydrogen) atoms. The Morgan fingerprint density at radius 2 is 1.95 bits per heavy atom. The summed E-state index contributed by atoms with van der Waals surface area (Å²) >= 11 is 0. The fourth-order valence-electron chi connectivity index (χ4n) is 1.55. The summed E-state index contributed by atoms with van der Waals surface area (Å²) in [5, 5.41) is 3.32. The number of hydrogen-bond acceptors (Lipinski definition) is 3. The maximum absolute atomic E-state index is 4.20. The molecule has 0 bridgehead atoms. The lowest BCUT2D eigenvalue weighted by Crippen LogP contribution is -2.08. The molecule has 3 nitrogen and oxygen atoms in total. The monoisotopic (exact) mass is 271 g/mol. The summed E-state index contributed by atoms with van der Waals surface area (Å²) in [6.45, 7) is 9.03. The SMILES string of the molecule is C=C(c1ccc(NC/C=C\N=C/C(C)C)cc1)N(C)C. The van der Waals surface area contributed by atoms with Gasteiger partial charge in [-0.2, -0.15) is 0 Å². The van der Waals surface area contributed by atoms with Crippen molar-refractivity contribution in [1.82, 2.24) is 4.90 Å². The van der Waals surface area contributed by atoms with Crippen LogP contribution in [0.3, 0.4) is 0 Å². The molecule has 1 aromatic rings. The number of hydrogen-bond donors (Lipinski definition) is 1. The molecule has 0 unspecified atom stereocenters. The third-order valence-electron chi connectivity index (χ3n) is 2.76. The molecular weight excluding hydrogens is 246 g/mol. The third kappa shape index (κ3) is 5.74. The molecule has 0 atom stereocenters. The number of anilines is 1. The standard InChI is InChI=1S/C17H25N3/c1-14(2)13-18-11-6-12-19-17-9-7-16(8-10-17)15(3)20(4)5/h6-11,13-14,19H,3,12H2,1-2,4-5H3/b11-6-,18-13-. The molecule has 0 spiro atoms. The van der Waals surface area contributed by atoms with Crippen molar-refractivity contribution in [2.75, 3.05) is 26.0 Å². The third-order valence-corrected chi connectivity index (χ3v) is 2.76. The lowest BCUT2D eigenvalue weighted by Gasteiger charge is -2.16. The van der Waals surface area contributed by atoms with Crippen LogP contribution in [-0.2, 0) is 0 Å². The first-order chi connectivity index (χ1) is 9.50. The second-order valence-electron chi connectivity index (χ2n) is 5.23. The Balaban J connectivity index is 2.44. The molecule has 0 aliphatic carbocycles. The zero-order valence-corrected chi connectivity index (χ0v) is 12.9. The Kier molecular flexibility index (Phi) is 6.57. The number of aliphatic imine (C=N–C) groups is 1. The molecule has 1 rings (SSSR count). The van der Waals surface area contributed by atoms with Gasteiger partial charge in [0.1, 0.15) is 0 Å². The minimum atomic E-state index is 0.491. The van der Waals surface area contributed by atoms with Gasteiger partial charge in [0.05, 0.1) is 0 Å². The Hall–Kier alpha value is -2.03. The average Bonchev–Trinajstić information content (AvgIpc) is 2.42. The van der Waals surface area contributed by atoms with Gasteiger partial charge in [-0.05, 0) is 29.7 Å². The summed E-state index contributed by atoms with van der Waals surface area (Å²) in [4.78, 5) is 6.21. The van der Waals surface area contributed by atoms with E-state index in [0.29, 0.717) is 5.92 Å². The van der Waals surface area contributed by atoms with E-state index < -0.39 is 0 Å². The average molecular weight is 271 g/mol. The van der Waals surface area contributed by atoms with Crippen LogP contribution in [0.1, 0.15) is 19.4 Å². The van der Waals surface area contributed by atoms with Crippen LogP contribution in [0.4, 0.5) is 5.69 Å². The molecule has 0 aliphatic heterocycles. The van der Waals surface area contributed by atoms with E-state index in [9.17, 15) is 0 Å². The van der Waals surface area contributed by atoms with E-state index in [1.54, 1.807) is 0 Å². The van der Waals surface area contributed by atoms with Crippen LogP contribution in [0, 0.1) is 5.92 Å². The highest BCUT2D eigenvalue weighted by Crippen LogP contribution is 2.17. The summed E-state index contributed by atoms with van der Waals surface area (Å²) in [6.07, 6.45) is 5.76. The van der Waals surface area contributed by atoms with Gasteiger partial charge in [-0.25, -0.2) is 0 Å². The fraction of sp³-hybridized carbons (Fsp3) is 0.353. The molecule has 0 saturated heterocycles. The highest BCUT2D eigenvalue weighted by Gasteiger charge is 2.00. The molecule has 1 aromatic carbocycles. The van der Waals surface area contributed by atoms with E-state index in [1.807, 2.05) is 37.5 Å². The van der Waals surface area contributed by atoms with E-state index >= 15 is 0 Å². The van der Waals surface area contributed by atoms with Gasteiger partial charge in [-0.3, -0.25) is 4.99 Å². The predicted molar refractivity (Wildman–Crippen MR) is 90.1 cm³/mol. The van der Waals surface area contributed by atoms with Gasteiger partial charge in [-0.15, -0.1) is 0 Å². The molecule has 0 saturated carbocycles. The van der Waals surface area contributed by atoms with Crippen LogP contribution in [0.2, 0.25) is 0 Å². The molecule has 0 radical (unpaired) electrons. The maximum Gasteiger partial charge on any atom is 0.0361 e. The van der Waals surface area contributed by atoms with Crippen molar-refractivity contribution >= 4 is 17.6 Å². The van der Waals surface area contributed by atoms with Crippen molar-refractivity contribution in [2.24, 2.45) is 10.9 Å². The Labute approximate surface area is 122 Å². The van der Waals surface area contributed by atoms with Crippen molar-refractivity contribution in [1.29, 1.82) is 0 Å². The van der Waals surface area contributed by atoms with Gasteiger partial charge in [-0.1, -0.05) is 32.6 Å². The number of rotatable bonds is 7.